The maximum Gasteiger partial charge on any atom is 0.252 e. The fourth-order valence-electron chi connectivity index (χ4n) is 12.3. The molecule has 2 aliphatic heterocycles. The molecule has 0 bridgehead atoms. The van der Waals surface area contributed by atoms with E-state index in [9.17, 15) is 0 Å². The zero-order valence-corrected chi connectivity index (χ0v) is 40.4. The highest BCUT2D eigenvalue weighted by Crippen LogP contribution is 2.54. The van der Waals surface area contributed by atoms with E-state index in [0.29, 0.717) is 0 Å². The van der Waals surface area contributed by atoms with E-state index >= 15 is 0 Å². The SMILES string of the molecule is Cc1cc2c3c(c1)N(c1cc4c(cc1C)C(C)(C)CCC4(C)C)c1c(ccc4oc5ccccc5c14)B3c1cc3c(cc1N2c1ccc(C(C)(C)C)cc1C)C(C)(C)CCC3(C)C. The van der Waals surface area contributed by atoms with Gasteiger partial charge in [-0.25, -0.2) is 0 Å². The Balaban J connectivity index is 1.30. The average Bonchev–Trinajstić information content (AvgIpc) is 3.60. The first-order chi connectivity index (χ1) is 29.6. The lowest BCUT2D eigenvalue weighted by atomic mass is 9.33. The van der Waals surface area contributed by atoms with Crippen molar-refractivity contribution in [3.8, 4) is 0 Å². The van der Waals surface area contributed by atoms with E-state index in [1.807, 2.05) is 0 Å². The number of aryl methyl sites for hydroxylation is 3. The highest BCUT2D eigenvalue weighted by molar-refractivity contribution is 7.00. The normalized spacial score (nSPS) is 18.8. The molecule has 1 aromatic heterocycles. The number of fused-ring (bicyclic) bond motifs is 10. The van der Waals surface area contributed by atoms with Crippen LogP contribution in [0.25, 0.3) is 21.9 Å². The van der Waals surface area contributed by atoms with Gasteiger partial charge < -0.3 is 14.2 Å². The molecule has 0 atom stereocenters. The van der Waals surface area contributed by atoms with E-state index in [2.05, 4.69) is 198 Å². The van der Waals surface area contributed by atoms with Gasteiger partial charge in [-0.2, -0.15) is 0 Å². The fourth-order valence-corrected chi connectivity index (χ4v) is 12.3. The molecule has 6 aromatic carbocycles. The predicted molar refractivity (Wildman–Crippen MR) is 271 cm³/mol. The Hall–Kier alpha value is -5.22. The molecule has 11 rings (SSSR count). The molecule has 3 nitrogen and oxygen atoms in total. The van der Waals surface area contributed by atoms with Gasteiger partial charge in [-0.05, 0) is 177 Å². The van der Waals surface area contributed by atoms with Crippen molar-refractivity contribution in [2.45, 2.75) is 150 Å². The van der Waals surface area contributed by atoms with Crippen LogP contribution in [-0.2, 0) is 27.1 Å². The quantitative estimate of drug-likeness (QED) is 0.162. The first kappa shape index (κ1) is 40.6. The Morgan fingerprint density at radius 2 is 1.06 bits per heavy atom. The van der Waals surface area contributed by atoms with Crippen LogP contribution < -0.4 is 26.2 Å². The van der Waals surface area contributed by atoms with Crippen molar-refractivity contribution < 1.29 is 4.42 Å². The zero-order valence-electron chi connectivity index (χ0n) is 40.4. The Morgan fingerprint density at radius 3 is 1.68 bits per heavy atom. The predicted octanol–water partition coefficient (Wildman–Crippen LogP) is 14.6. The molecular formula is C59H65BN2O. The minimum Gasteiger partial charge on any atom is -0.456 e. The molecule has 3 heterocycles. The van der Waals surface area contributed by atoms with E-state index in [1.165, 1.54) is 131 Å². The van der Waals surface area contributed by atoms with E-state index in [4.69, 9.17) is 4.42 Å². The second kappa shape index (κ2) is 13.0. The van der Waals surface area contributed by atoms with E-state index < -0.39 is 0 Å². The smallest absolute Gasteiger partial charge is 0.252 e. The number of furan rings is 1. The lowest BCUT2D eigenvalue weighted by molar-refractivity contribution is 0.332. The number of para-hydroxylation sites is 1. The van der Waals surface area contributed by atoms with Gasteiger partial charge in [-0.3, -0.25) is 0 Å². The Labute approximate surface area is 377 Å². The third kappa shape index (κ3) is 5.78. The monoisotopic (exact) mass is 829 g/mol. The van der Waals surface area contributed by atoms with Gasteiger partial charge in [0.1, 0.15) is 11.2 Å². The van der Waals surface area contributed by atoms with Crippen molar-refractivity contribution in [3.05, 3.63) is 136 Å². The molecule has 7 aromatic rings. The second-order valence-electron chi connectivity index (χ2n) is 23.7. The van der Waals surface area contributed by atoms with Crippen molar-refractivity contribution >= 4 is 79.2 Å². The maximum atomic E-state index is 6.78. The van der Waals surface area contributed by atoms with E-state index in [-0.39, 0.29) is 33.8 Å². The largest absolute Gasteiger partial charge is 0.456 e. The lowest BCUT2D eigenvalue weighted by Gasteiger charge is -2.48. The van der Waals surface area contributed by atoms with Crippen molar-refractivity contribution in [1.29, 1.82) is 0 Å². The summed E-state index contributed by atoms with van der Waals surface area (Å²) < 4.78 is 6.78. The van der Waals surface area contributed by atoms with Crippen LogP contribution in [0.15, 0.2) is 95.4 Å². The van der Waals surface area contributed by atoms with Crippen LogP contribution in [0.1, 0.15) is 146 Å². The van der Waals surface area contributed by atoms with Gasteiger partial charge in [0.2, 0.25) is 0 Å². The number of nitrogens with zero attached hydrogens (tertiary/aromatic N) is 2. The van der Waals surface area contributed by atoms with Crippen LogP contribution in [-0.4, -0.2) is 6.71 Å². The summed E-state index contributed by atoms with van der Waals surface area (Å²) in [4.78, 5) is 5.34. The third-order valence-corrected chi connectivity index (χ3v) is 16.4. The van der Waals surface area contributed by atoms with Gasteiger partial charge in [0.05, 0.1) is 11.1 Å². The molecule has 0 radical (unpaired) electrons. The molecule has 0 spiro atoms. The number of rotatable bonds is 2. The molecular weight excluding hydrogens is 763 g/mol. The minimum absolute atomic E-state index is 0.0137. The van der Waals surface area contributed by atoms with Crippen molar-refractivity contribution in [1.82, 2.24) is 0 Å². The van der Waals surface area contributed by atoms with E-state index in [1.54, 1.807) is 0 Å². The summed E-state index contributed by atoms with van der Waals surface area (Å²) in [6, 6.07) is 36.0. The first-order valence-corrected chi connectivity index (χ1v) is 23.7. The summed E-state index contributed by atoms with van der Waals surface area (Å²) in [5.41, 5.74) is 25.2. The van der Waals surface area contributed by atoms with Crippen LogP contribution in [0.2, 0.25) is 0 Å². The summed E-state index contributed by atoms with van der Waals surface area (Å²) in [7, 11) is 0. The molecule has 320 valence electrons. The van der Waals surface area contributed by atoms with Gasteiger partial charge in [-0.1, -0.05) is 125 Å². The summed E-state index contributed by atoms with van der Waals surface area (Å²) in [5.74, 6) is 0. The highest BCUT2D eigenvalue weighted by atomic mass is 16.3. The van der Waals surface area contributed by atoms with Gasteiger partial charge >= 0.3 is 0 Å². The van der Waals surface area contributed by atoms with Gasteiger partial charge in [0.25, 0.3) is 6.71 Å². The molecule has 2 aliphatic carbocycles. The Kier molecular flexibility index (Phi) is 8.34. The Morgan fingerprint density at radius 1 is 0.508 bits per heavy atom. The molecule has 4 aliphatic rings. The van der Waals surface area contributed by atoms with E-state index in [0.717, 1.165) is 11.2 Å². The molecule has 0 amide bonds. The van der Waals surface area contributed by atoms with Crippen LogP contribution in [0.4, 0.5) is 34.1 Å². The van der Waals surface area contributed by atoms with Gasteiger partial charge in [-0.15, -0.1) is 0 Å². The third-order valence-electron chi connectivity index (χ3n) is 16.4. The fraction of sp³-hybridized carbons (Fsp3) is 0.390. The second-order valence-corrected chi connectivity index (χ2v) is 23.7. The topological polar surface area (TPSA) is 19.6 Å². The standard InChI is InChI=1S/C59H65BN2O/c1-34-27-48-53-49(28-34)62(46-32-41-39(30-36(46)3)56(7,8)23-25-58(41,11)12)54-43(20-22-51-52(54)38-17-15-16-18-50(38)63-51)60(53)44-31-40-42(59(13,14)26-24-57(40,9)10)33-47(44)61(48)45-21-19-37(29-35(45)2)55(4,5)6/h15-22,27-33H,23-26H2,1-14H3. The van der Waals surface area contributed by atoms with Crippen LogP contribution >= 0.6 is 0 Å². The van der Waals surface area contributed by atoms with Gasteiger partial charge in [0.15, 0.2) is 0 Å². The molecule has 0 fully saturated rings. The highest BCUT2D eigenvalue weighted by Gasteiger charge is 2.48. The van der Waals surface area contributed by atoms with Crippen molar-refractivity contribution in [2.24, 2.45) is 0 Å². The van der Waals surface area contributed by atoms with Crippen molar-refractivity contribution in [3.63, 3.8) is 0 Å². The number of benzene rings is 6. The summed E-state index contributed by atoms with van der Waals surface area (Å²) in [5, 5.41) is 2.37. The number of hydrogen-bond donors (Lipinski definition) is 0. The maximum absolute atomic E-state index is 6.78. The number of anilines is 6. The van der Waals surface area contributed by atoms with Gasteiger partial charge in [0, 0.05) is 33.8 Å². The lowest BCUT2D eigenvalue weighted by Crippen LogP contribution is -2.62. The molecule has 4 heteroatoms. The number of hydrogen-bond acceptors (Lipinski definition) is 3. The van der Waals surface area contributed by atoms with Crippen LogP contribution in [0.3, 0.4) is 0 Å². The molecule has 0 unspecified atom stereocenters. The summed E-state index contributed by atoms with van der Waals surface area (Å²) in [6.07, 6.45) is 4.70. The first-order valence-electron chi connectivity index (χ1n) is 23.7. The molecule has 0 N–H and O–H groups in total. The van der Waals surface area contributed by atoms with Crippen LogP contribution in [0, 0.1) is 20.8 Å². The van der Waals surface area contributed by atoms with Crippen molar-refractivity contribution in [2.75, 3.05) is 9.80 Å². The summed E-state index contributed by atoms with van der Waals surface area (Å²) >= 11 is 0. The summed E-state index contributed by atoms with van der Waals surface area (Å²) in [6.45, 7) is 33.7. The minimum atomic E-state index is 0.0137. The molecule has 63 heavy (non-hydrogen) atoms. The average molecular weight is 829 g/mol. The Bertz CT molecular complexity index is 3110. The zero-order chi connectivity index (χ0) is 44.5. The molecule has 0 saturated carbocycles. The van der Waals surface area contributed by atoms with Crippen LogP contribution in [0.5, 0.6) is 0 Å². The molecule has 0 saturated heterocycles.